The molecule has 1 aliphatic rings. The molecule has 54 valence electrons. The third-order valence-electron chi connectivity index (χ3n) is 2.00. The summed E-state index contributed by atoms with van der Waals surface area (Å²) in [5.41, 5.74) is 0. The average Bonchev–Trinajstić information content (AvgIpc) is 1.98. The van der Waals surface area contributed by atoms with E-state index in [-0.39, 0.29) is 6.04 Å². The Morgan fingerprint density at radius 2 is 2.22 bits per heavy atom. The number of hydrogen-bond acceptors (Lipinski definition) is 2. The highest BCUT2D eigenvalue weighted by molar-refractivity contribution is 4.88. The lowest BCUT2D eigenvalue weighted by molar-refractivity contribution is 0.107. The van der Waals surface area contributed by atoms with Crippen molar-refractivity contribution in [2.24, 2.45) is 0 Å². The fourth-order valence-corrected chi connectivity index (χ4v) is 1.13. The van der Waals surface area contributed by atoms with Gasteiger partial charge in [0, 0.05) is 12.6 Å². The van der Waals surface area contributed by atoms with Gasteiger partial charge in [0.2, 0.25) is 0 Å². The van der Waals surface area contributed by atoms with Gasteiger partial charge in [-0.1, -0.05) is 0 Å². The van der Waals surface area contributed by atoms with Gasteiger partial charge in [0.1, 0.15) is 6.17 Å². The summed E-state index contributed by atoms with van der Waals surface area (Å²) < 4.78 is 12.7. The monoisotopic (exact) mass is 133 g/mol. The van der Waals surface area contributed by atoms with E-state index in [2.05, 4.69) is 0 Å². The van der Waals surface area contributed by atoms with E-state index in [1.165, 1.54) is 0 Å². The molecule has 1 fully saturated rings. The van der Waals surface area contributed by atoms with E-state index in [4.69, 9.17) is 5.11 Å². The Balaban J connectivity index is 2.54. The molecule has 3 atom stereocenters. The molecule has 1 N–H and O–H groups in total. The molecule has 1 rings (SSSR count). The second-order valence-corrected chi connectivity index (χ2v) is 2.69. The number of likely N-dealkylation sites (tertiary alicyclic amines) is 1. The van der Waals surface area contributed by atoms with Crippen LogP contribution in [-0.4, -0.2) is 41.9 Å². The lowest BCUT2D eigenvalue weighted by Crippen LogP contribution is -2.27. The summed E-state index contributed by atoms with van der Waals surface area (Å²) >= 11 is 0. The van der Waals surface area contributed by atoms with Crippen LogP contribution in [0.15, 0.2) is 0 Å². The summed E-state index contributed by atoms with van der Waals surface area (Å²) in [6.45, 7) is 2.24. The van der Waals surface area contributed by atoms with Crippen LogP contribution in [0.4, 0.5) is 4.39 Å². The lowest BCUT2D eigenvalue weighted by atomic mass is 10.2. The van der Waals surface area contributed by atoms with Gasteiger partial charge in [0.05, 0.1) is 6.10 Å². The standard InChI is InChI=1S/C6H12FNO/c1-4-6(7)5(9)3-8(4)2/h4-6,9H,3H2,1-2H3/t4-,5+,6-/m1/s1. The van der Waals surface area contributed by atoms with Gasteiger partial charge in [0.15, 0.2) is 0 Å². The van der Waals surface area contributed by atoms with Gasteiger partial charge < -0.3 is 5.11 Å². The molecule has 1 saturated heterocycles. The number of aliphatic hydroxyl groups excluding tert-OH is 1. The largest absolute Gasteiger partial charge is 0.389 e. The van der Waals surface area contributed by atoms with Crippen molar-refractivity contribution in [3.8, 4) is 0 Å². The summed E-state index contributed by atoms with van der Waals surface area (Å²) in [5, 5.41) is 8.92. The van der Waals surface area contributed by atoms with Crippen molar-refractivity contribution >= 4 is 0 Å². The zero-order valence-electron chi connectivity index (χ0n) is 5.71. The van der Waals surface area contributed by atoms with Crippen molar-refractivity contribution in [2.75, 3.05) is 13.6 Å². The number of likely N-dealkylation sites (N-methyl/N-ethyl adjacent to an activating group) is 1. The van der Waals surface area contributed by atoms with E-state index in [1.54, 1.807) is 6.92 Å². The zero-order valence-corrected chi connectivity index (χ0v) is 5.71. The Kier molecular flexibility index (Phi) is 1.73. The van der Waals surface area contributed by atoms with E-state index in [0.717, 1.165) is 0 Å². The van der Waals surface area contributed by atoms with Crippen LogP contribution in [0.25, 0.3) is 0 Å². The molecule has 1 heterocycles. The van der Waals surface area contributed by atoms with Crippen LogP contribution < -0.4 is 0 Å². The Morgan fingerprint density at radius 3 is 2.33 bits per heavy atom. The highest BCUT2D eigenvalue weighted by Gasteiger charge is 2.35. The van der Waals surface area contributed by atoms with Crippen molar-refractivity contribution in [3.63, 3.8) is 0 Å². The number of alkyl halides is 1. The van der Waals surface area contributed by atoms with Gasteiger partial charge in [-0.15, -0.1) is 0 Å². The highest BCUT2D eigenvalue weighted by atomic mass is 19.1. The van der Waals surface area contributed by atoms with Gasteiger partial charge in [-0.05, 0) is 14.0 Å². The Hall–Kier alpha value is -0.150. The summed E-state index contributed by atoms with van der Waals surface area (Å²) in [5.74, 6) is 0. The van der Waals surface area contributed by atoms with Crippen molar-refractivity contribution in [1.82, 2.24) is 4.90 Å². The quantitative estimate of drug-likeness (QED) is 0.503. The number of hydrogen-bond donors (Lipinski definition) is 1. The molecule has 0 aliphatic carbocycles. The predicted molar refractivity (Wildman–Crippen MR) is 33.0 cm³/mol. The first-order valence-corrected chi connectivity index (χ1v) is 3.15. The summed E-state index contributed by atoms with van der Waals surface area (Å²) in [7, 11) is 1.81. The molecule has 2 nitrogen and oxygen atoms in total. The zero-order chi connectivity index (χ0) is 7.02. The predicted octanol–water partition coefficient (Wildman–Crippen LogP) is 0.0193. The van der Waals surface area contributed by atoms with Crippen LogP contribution in [0.1, 0.15) is 6.92 Å². The second-order valence-electron chi connectivity index (χ2n) is 2.69. The van der Waals surface area contributed by atoms with Crippen LogP contribution in [-0.2, 0) is 0 Å². The number of β-amino-alcohol motifs (C(OH)–C–C–N with tert-alkyl or cyclic N) is 1. The topological polar surface area (TPSA) is 23.5 Å². The molecule has 9 heavy (non-hydrogen) atoms. The van der Waals surface area contributed by atoms with Crippen molar-refractivity contribution < 1.29 is 9.50 Å². The van der Waals surface area contributed by atoms with Gasteiger partial charge in [0.25, 0.3) is 0 Å². The molecule has 0 bridgehead atoms. The van der Waals surface area contributed by atoms with Gasteiger partial charge >= 0.3 is 0 Å². The van der Waals surface area contributed by atoms with Crippen LogP contribution >= 0.6 is 0 Å². The van der Waals surface area contributed by atoms with E-state index in [9.17, 15) is 4.39 Å². The van der Waals surface area contributed by atoms with Crippen LogP contribution in [0, 0.1) is 0 Å². The Labute approximate surface area is 54.3 Å². The third kappa shape index (κ3) is 1.07. The van der Waals surface area contributed by atoms with E-state index < -0.39 is 12.3 Å². The molecule has 0 aromatic heterocycles. The van der Waals surface area contributed by atoms with Crippen molar-refractivity contribution in [2.45, 2.75) is 25.2 Å². The maximum Gasteiger partial charge on any atom is 0.142 e. The van der Waals surface area contributed by atoms with Gasteiger partial charge in [-0.3, -0.25) is 4.90 Å². The first-order chi connectivity index (χ1) is 4.13. The molecular formula is C6H12FNO. The van der Waals surface area contributed by atoms with E-state index >= 15 is 0 Å². The molecule has 0 aromatic rings. The molecule has 0 amide bonds. The molecule has 0 unspecified atom stereocenters. The minimum absolute atomic E-state index is 0.125. The number of nitrogens with zero attached hydrogens (tertiary/aromatic N) is 1. The third-order valence-corrected chi connectivity index (χ3v) is 2.00. The van der Waals surface area contributed by atoms with Gasteiger partial charge in [-0.2, -0.15) is 0 Å². The summed E-state index contributed by atoms with van der Waals surface area (Å²) in [4.78, 5) is 1.81. The smallest absolute Gasteiger partial charge is 0.142 e. The maximum atomic E-state index is 12.7. The molecular weight excluding hydrogens is 121 g/mol. The number of halogens is 1. The minimum atomic E-state index is -1.06. The van der Waals surface area contributed by atoms with Crippen molar-refractivity contribution in [3.05, 3.63) is 0 Å². The molecule has 0 aromatic carbocycles. The molecule has 0 spiro atoms. The van der Waals surface area contributed by atoms with E-state index in [0.29, 0.717) is 6.54 Å². The van der Waals surface area contributed by atoms with Crippen LogP contribution in [0.5, 0.6) is 0 Å². The van der Waals surface area contributed by atoms with Crippen molar-refractivity contribution in [1.29, 1.82) is 0 Å². The average molecular weight is 133 g/mol. The summed E-state index contributed by atoms with van der Waals surface area (Å²) in [6, 6.07) is -0.125. The fraction of sp³-hybridized carbons (Fsp3) is 1.00. The fourth-order valence-electron chi connectivity index (χ4n) is 1.13. The summed E-state index contributed by atoms with van der Waals surface area (Å²) in [6.07, 6.45) is -1.83. The second kappa shape index (κ2) is 2.23. The normalized spacial score (nSPS) is 46.0. The van der Waals surface area contributed by atoms with Crippen LogP contribution in [0.3, 0.4) is 0 Å². The molecule has 0 saturated carbocycles. The Bertz CT molecular complexity index is 97.2. The number of rotatable bonds is 0. The van der Waals surface area contributed by atoms with E-state index in [1.807, 2.05) is 11.9 Å². The first kappa shape index (κ1) is 6.96. The molecule has 3 heteroatoms. The molecule has 1 aliphatic heterocycles. The first-order valence-electron chi connectivity index (χ1n) is 3.15. The molecule has 0 radical (unpaired) electrons. The van der Waals surface area contributed by atoms with Gasteiger partial charge in [-0.25, -0.2) is 4.39 Å². The SMILES string of the molecule is C[C@@H]1[C@@H](F)[C@@H](O)CN1C. The van der Waals surface area contributed by atoms with Crippen LogP contribution in [0.2, 0.25) is 0 Å². The lowest BCUT2D eigenvalue weighted by Gasteiger charge is -2.13. The highest BCUT2D eigenvalue weighted by Crippen LogP contribution is 2.18. The Morgan fingerprint density at radius 1 is 1.67 bits per heavy atom. The maximum absolute atomic E-state index is 12.7. The minimum Gasteiger partial charge on any atom is -0.389 e. The number of aliphatic hydroxyl groups is 1.